The lowest BCUT2D eigenvalue weighted by atomic mass is 10.0. The fraction of sp³-hybridized carbons (Fsp3) is 0.625. The van der Waals surface area contributed by atoms with Gasteiger partial charge >= 0.3 is 0 Å². The van der Waals surface area contributed by atoms with Gasteiger partial charge in [-0.1, -0.05) is 6.92 Å². The Morgan fingerprint density at radius 1 is 1.38 bits per heavy atom. The number of aliphatic hydroxyl groups excluding tert-OH is 2. The summed E-state index contributed by atoms with van der Waals surface area (Å²) in [5, 5.41) is 26.9. The highest BCUT2D eigenvalue weighted by Crippen LogP contribution is 2.12. The second kappa shape index (κ2) is 6.26. The zero-order valence-corrected chi connectivity index (χ0v) is 9.14. The maximum Gasteiger partial charge on any atom is 0.156 e. The molecule has 76 valence electrons. The van der Waals surface area contributed by atoms with E-state index in [2.05, 4.69) is 20.9 Å². The predicted octanol–water partition coefficient (Wildman–Crippen LogP) is 0.274. The van der Waals surface area contributed by atoms with Crippen LogP contribution in [-0.2, 0) is 0 Å². The van der Waals surface area contributed by atoms with Crippen molar-refractivity contribution < 1.29 is 15.3 Å². The van der Waals surface area contributed by atoms with E-state index in [-0.39, 0.29) is 0 Å². The van der Waals surface area contributed by atoms with Crippen molar-refractivity contribution in [2.75, 3.05) is 7.05 Å². The van der Waals surface area contributed by atoms with Gasteiger partial charge in [0.25, 0.3) is 0 Å². The Hall–Kier alpha value is -0.230. The molecule has 0 rings (SSSR count). The molecule has 5 heteroatoms. The number of hydrogen-bond acceptors (Lipinski definition) is 4. The molecule has 0 radical (unpaired) electrons. The van der Waals surface area contributed by atoms with Gasteiger partial charge in [-0.05, 0) is 22.0 Å². The minimum Gasteiger partial charge on any atom is -0.389 e. The quantitative estimate of drug-likeness (QED) is 0.497. The summed E-state index contributed by atoms with van der Waals surface area (Å²) in [4.78, 5) is 3.72. The molecule has 0 heterocycles. The molecule has 0 aromatic carbocycles. The Kier molecular flexibility index (Phi) is 6.15. The summed E-state index contributed by atoms with van der Waals surface area (Å²) in [6.45, 7) is 1.54. The second-order valence-corrected chi connectivity index (χ2v) is 3.62. The van der Waals surface area contributed by atoms with Gasteiger partial charge in [0.05, 0.1) is 6.10 Å². The number of aliphatic imine (C=N–C) groups is 1. The van der Waals surface area contributed by atoms with Crippen molar-refractivity contribution in [3.05, 3.63) is 10.6 Å². The van der Waals surface area contributed by atoms with E-state index < -0.39 is 18.3 Å². The number of hydrogen-bond donors (Lipinski definition) is 3. The molecule has 0 aliphatic rings. The third-order valence-corrected chi connectivity index (χ3v) is 2.06. The summed E-state index contributed by atoms with van der Waals surface area (Å²) in [5.74, 6) is -0.627. The number of rotatable bonds is 4. The summed E-state index contributed by atoms with van der Waals surface area (Å²) in [5.41, 5.74) is 0. The number of nitrogens with zero attached hydrogens (tertiary/aromatic N) is 1. The molecule has 0 spiro atoms. The highest BCUT2D eigenvalue weighted by molar-refractivity contribution is 9.12. The van der Waals surface area contributed by atoms with Crippen molar-refractivity contribution in [2.24, 2.45) is 10.9 Å². The maximum atomic E-state index is 9.40. The molecule has 0 amide bonds. The van der Waals surface area contributed by atoms with Crippen molar-refractivity contribution in [3.8, 4) is 0 Å². The summed E-state index contributed by atoms with van der Waals surface area (Å²) in [6.07, 6.45) is 0.536. The average molecular weight is 252 g/mol. The molecule has 0 fully saturated rings. The van der Waals surface area contributed by atoms with Crippen molar-refractivity contribution in [1.29, 1.82) is 0 Å². The largest absolute Gasteiger partial charge is 0.389 e. The van der Waals surface area contributed by atoms with Crippen LogP contribution >= 0.6 is 15.9 Å². The highest BCUT2D eigenvalue weighted by Gasteiger charge is 2.18. The van der Waals surface area contributed by atoms with Crippen LogP contribution in [0.25, 0.3) is 0 Å². The van der Waals surface area contributed by atoms with Crippen LogP contribution < -0.4 is 0 Å². The first-order chi connectivity index (χ1) is 5.99. The van der Waals surface area contributed by atoms with Gasteiger partial charge in [0.1, 0.15) is 0 Å². The number of allylic oxidation sites excluding steroid dienone is 1. The van der Waals surface area contributed by atoms with E-state index in [1.54, 1.807) is 7.05 Å². The van der Waals surface area contributed by atoms with Crippen LogP contribution in [0.1, 0.15) is 6.92 Å². The van der Waals surface area contributed by atoms with Crippen LogP contribution in [0.5, 0.6) is 0 Å². The first-order valence-electron chi connectivity index (χ1n) is 3.82. The lowest BCUT2D eigenvalue weighted by molar-refractivity contribution is -0.103. The summed E-state index contributed by atoms with van der Waals surface area (Å²) < 4.78 is 0.606. The topological polar surface area (TPSA) is 73.1 Å². The van der Waals surface area contributed by atoms with Gasteiger partial charge in [-0.25, -0.2) is 0 Å². The van der Waals surface area contributed by atoms with Crippen LogP contribution in [-0.4, -0.2) is 41.0 Å². The molecule has 0 saturated carbocycles. The first kappa shape index (κ1) is 12.8. The summed E-state index contributed by atoms with van der Waals surface area (Å²) in [6, 6.07) is 0. The molecule has 0 aromatic heterocycles. The van der Waals surface area contributed by atoms with Crippen molar-refractivity contribution in [2.45, 2.75) is 19.3 Å². The van der Waals surface area contributed by atoms with E-state index in [4.69, 9.17) is 10.2 Å². The van der Waals surface area contributed by atoms with E-state index in [0.717, 1.165) is 0 Å². The molecule has 0 aromatic rings. The standard InChI is InChI=1S/C8H14BrNO3/c1-5(8(12)13)7(11)3-6(9)4-10-2/h3-5,7-8,11-13H,1-2H3/b6-3-,10-4-. The zero-order chi connectivity index (χ0) is 10.4. The van der Waals surface area contributed by atoms with Gasteiger partial charge in [0.2, 0.25) is 0 Å². The number of aliphatic hydroxyl groups is 3. The van der Waals surface area contributed by atoms with Crippen molar-refractivity contribution >= 4 is 22.1 Å². The van der Waals surface area contributed by atoms with E-state index in [0.29, 0.717) is 4.48 Å². The molecular formula is C8H14BrNO3. The normalized spacial score (nSPS) is 18.2. The minimum atomic E-state index is -1.52. The molecule has 0 saturated heterocycles. The van der Waals surface area contributed by atoms with Gasteiger partial charge in [0.15, 0.2) is 6.29 Å². The zero-order valence-electron chi connectivity index (χ0n) is 7.55. The van der Waals surface area contributed by atoms with E-state index in [9.17, 15) is 5.11 Å². The lowest BCUT2D eigenvalue weighted by Gasteiger charge is -2.17. The summed E-state index contributed by atoms with van der Waals surface area (Å²) in [7, 11) is 1.60. The molecule has 0 aliphatic carbocycles. The number of halogens is 1. The van der Waals surface area contributed by atoms with Gasteiger partial charge in [-0.2, -0.15) is 0 Å². The molecular weight excluding hydrogens is 238 g/mol. The fourth-order valence-electron chi connectivity index (χ4n) is 0.658. The van der Waals surface area contributed by atoms with Crippen LogP contribution in [0.15, 0.2) is 15.6 Å². The predicted molar refractivity (Wildman–Crippen MR) is 54.8 cm³/mol. The van der Waals surface area contributed by atoms with E-state index in [1.807, 2.05) is 0 Å². The second-order valence-electron chi connectivity index (χ2n) is 2.70. The van der Waals surface area contributed by atoms with E-state index in [1.165, 1.54) is 19.2 Å². The molecule has 0 bridgehead atoms. The van der Waals surface area contributed by atoms with Crippen molar-refractivity contribution in [1.82, 2.24) is 0 Å². The Balaban J connectivity index is 4.27. The van der Waals surface area contributed by atoms with Crippen LogP contribution in [0.4, 0.5) is 0 Å². The van der Waals surface area contributed by atoms with Crippen molar-refractivity contribution in [3.63, 3.8) is 0 Å². The molecule has 2 unspecified atom stereocenters. The monoisotopic (exact) mass is 251 g/mol. The maximum absolute atomic E-state index is 9.40. The van der Waals surface area contributed by atoms with Gasteiger partial charge in [-0.3, -0.25) is 4.99 Å². The summed E-state index contributed by atoms with van der Waals surface area (Å²) >= 11 is 3.14. The Bertz CT molecular complexity index is 204. The fourth-order valence-corrected chi connectivity index (χ4v) is 1.13. The molecule has 2 atom stereocenters. The Morgan fingerprint density at radius 3 is 2.31 bits per heavy atom. The molecule has 4 nitrogen and oxygen atoms in total. The van der Waals surface area contributed by atoms with E-state index >= 15 is 0 Å². The molecule has 3 N–H and O–H groups in total. The molecule has 13 heavy (non-hydrogen) atoms. The smallest absolute Gasteiger partial charge is 0.156 e. The third kappa shape index (κ3) is 5.15. The Morgan fingerprint density at radius 2 is 1.92 bits per heavy atom. The van der Waals surface area contributed by atoms with Crippen LogP contribution in [0.2, 0.25) is 0 Å². The highest BCUT2D eigenvalue weighted by atomic mass is 79.9. The Labute approximate surface area is 85.7 Å². The van der Waals surface area contributed by atoms with Gasteiger partial charge < -0.3 is 15.3 Å². The first-order valence-corrected chi connectivity index (χ1v) is 4.62. The lowest BCUT2D eigenvalue weighted by Crippen LogP contribution is -2.27. The SMILES string of the molecule is C/N=C\C(Br)=C\C(O)C(C)C(O)O. The minimum absolute atomic E-state index is 0.606. The van der Waals surface area contributed by atoms with Gasteiger partial charge in [0, 0.05) is 23.7 Å². The van der Waals surface area contributed by atoms with Crippen LogP contribution in [0, 0.1) is 5.92 Å². The average Bonchev–Trinajstić information content (AvgIpc) is 2.03. The molecule has 0 aliphatic heterocycles. The third-order valence-electron chi connectivity index (χ3n) is 1.59. The van der Waals surface area contributed by atoms with Crippen LogP contribution in [0.3, 0.4) is 0 Å². The van der Waals surface area contributed by atoms with Gasteiger partial charge in [-0.15, -0.1) is 0 Å².